The third kappa shape index (κ3) is 3.09. The van der Waals surface area contributed by atoms with E-state index in [2.05, 4.69) is 5.32 Å². The zero-order valence-electron chi connectivity index (χ0n) is 8.49. The van der Waals surface area contributed by atoms with Crippen molar-refractivity contribution in [2.45, 2.75) is 19.8 Å². The maximum atomic E-state index is 11.5. The number of benzene rings is 1. The highest BCUT2D eigenvalue weighted by Gasteiger charge is 2.12. The molecule has 80 valence electrons. The summed E-state index contributed by atoms with van der Waals surface area (Å²) in [6, 6.07) is 6.10. The monoisotopic (exact) mass is 207 g/mol. The van der Waals surface area contributed by atoms with Gasteiger partial charge in [0.25, 0.3) is 5.91 Å². The van der Waals surface area contributed by atoms with Crippen LogP contribution in [0.25, 0.3) is 0 Å². The van der Waals surface area contributed by atoms with Gasteiger partial charge in [-0.25, -0.2) is 0 Å². The Morgan fingerprint density at radius 2 is 2.00 bits per heavy atom. The third-order valence-corrected chi connectivity index (χ3v) is 1.88. The summed E-state index contributed by atoms with van der Waals surface area (Å²) in [4.78, 5) is 22.6. The lowest BCUT2D eigenvalue weighted by Gasteiger charge is -2.04. The van der Waals surface area contributed by atoms with Gasteiger partial charge in [-0.2, -0.15) is 0 Å². The molecule has 1 aromatic rings. The van der Waals surface area contributed by atoms with Crippen molar-refractivity contribution in [3.05, 3.63) is 29.8 Å². The van der Waals surface area contributed by atoms with E-state index in [0.717, 1.165) is 0 Å². The van der Waals surface area contributed by atoms with Gasteiger partial charge in [0.05, 0.1) is 5.56 Å². The van der Waals surface area contributed by atoms with Crippen molar-refractivity contribution >= 4 is 11.8 Å². The van der Waals surface area contributed by atoms with Gasteiger partial charge in [-0.05, 0) is 18.6 Å². The molecule has 1 aromatic carbocycles. The van der Waals surface area contributed by atoms with Gasteiger partial charge in [-0.15, -0.1) is 0 Å². The van der Waals surface area contributed by atoms with Crippen LogP contribution in [-0.2, 0) is 4.79 Å². The minimum Gasteiger partial charge on any atom is -0.507 e. The quantitative estimate of drug-likeness (QED) is 0.788. The number of phenols is 1. The second-order valence-electron chi connectivity index (χ2n) is 3.14. The third-order valence-electron chi connectivity index (χ3n) is 1.88. The molecule has 0 aliphatic heterocycles. The van der Waals surface area contributed by atoms with Crippen LogP contribution in [0.1, 0.15) is 30.1 Å². The molecule has 15 heavy (non-hydrogen) atoms. The highest BCUT2D eigenvalue weighted by atomic mass is 16.3. The number of nitrogens with one attached hydrogen (secondary N) is 1. The number of para-hydroxylation sites is 1. The van der Waals surface area contributed by atoms with E-state index in [1.807, 2.05) is 6.92 Å². The van der Waals surface area contributed by atoms with Crippen molar-refractivity contribution in [2.24, 2.45) is 0 Å². The van der Waals surface area contributed by atoms with E-state index in [4.69, 9.17) is 0 Å². The lowest BCUT2D eigenvalue weighted by Crippen LogP contribution is -2.30. The molecule has 0 aromatic heterocycles. The van der Waals surface area contributed by atoms with E-state index in [9.17, 15) is 14.7 Å². The molecule has 0 radical (unpaired) electrons. The highest BCUT2D eigenvalue weighted by Crippen LogP contribution is 2.14. The van der Waals surface area contributed by atoms with Crippen LogP contribution in [0.5, 0.6) is 5.75 Å². The molecule has 0 heterocycles. The van der Waals surface area contributed by atoms with Crippen LogP contribution >= 0.6 is 0 Å². The number of hydrogen-bond acceptors (Lipinski definition) is 3. The van der Waals surface area contributed by atoms with Crippen molar-refractivity contribution in [1.29, 1.82) is 0 Å². The molecule has 0 aliphatic carbocycles. The van der Waals surface area contributed by atoms with Gasteiger partial charge in [-0.1, -0.05) is 19.1 Å². The minimum absolute atomic E-state index is 0.113. The van der Waals surface area contributed by atoms with Gasteiger partial charge < -0.3 is 5.11 Å². The summed E-state index contributed by atoms with van der Waals surface area (Å²) in [6.07, 6.45) is 0.985. The number of imide groups is 1. The van der Waals surface area contributed by atoms with Crippen LogP contribution in [-0.4, -0.2) is 16.9 Å². The van der Waals surface area contributed by atoms with E-state index in [1.54, 1.807) is 12.1 Å². The van der Waals surface area contributed by atoms with Gasteiger partial charge in [0.2, 0.25) is 5.91 Å². The largest absolute Gasteiger partial charge is 0.507 e. The average Bonchev–Trinajstić information content (AvgIpc) is 2.18. The standard InChI is InChI=1S/C11H13NO3/c1-2-5-10(14)12-11(15)8-6-3-4-7-9(8)13/h3-4,6-7,13H,2,5H2,1H3,(H,12,14,15). The lowest BCUT2D eigenvalue weighted by atomic mass is 10.2. The van der Waals surface area contributed by atoms with E-state index >= 15 is 0 Å². The molecule has 2 N–H and O–H groups in total. The molecule has 4 nitrogen and oxygen atoms in total. The predicted molar refractivity (Wildman–Crippen MR) is 55.5 cm³/mol. The first-order chi connectivity index (χ1) is 7.15. The molecule has 0 spiro atoms. The Kier molecular flexibility index (Phi) is 3.85. The van der Waals surface area contributed by atoms with Gasteiger partial charge in [0, 0.05) is 6.42 Å². The molecule has 0 atom stereocenters. The maximum Gasteiger partial charge on any atom is 0.261 e. The molecule has 0 saturated carbocycles. The number of hydrogen-bond donors (Lipinski definition) is 2. The fourth-order valence-electron chi connectivity index (χ4n) is 1.15. The highest BCUT2D eigenvalue weighted by molar-refractivity contribution is 6.06. The number of carbonyl (C=O) groups excluding carboxylic acids is 2. The second-order valence-corrected chi connectivity index (χ2v) is 3.14. The van der Waals surface area contributed by atoms with Crippen molar-refractivity contribution in [3.63, 3.8) is 0 Å². The normalized spacial score (nSPS) is 9.67. The molecule has 0 aliphatic rings. The minimum atomic E-state index is -0.563. The van der Waals surface area contributed by atoms with Gasteiger partial charge in [-0.3, -0.25) is 14.9 Å². The van der Waals surface area contributed by atoms with Crippen LogP contribution in [0.2, 0.25) is 0 Å². The zero-order valence-corrected chi connectivity index (χ0v) is 8.49. The topological polar surface area (TPSA) is 66.4 Å². The fourth-order valence-corrected chi connectivity index (χ4v) is 1.15. The Morgan fingerprint density at radius 1 is 1.33 bits per heavy atom. The van der Waals surface area contributed by atoms with Crippen LogP contribution < -0.4 is 5.32 Å². The van der Waals surface area contributed by atoms with E-state index in [1.165, 1.54) is 12.1 Å². The van der Waals surface area contributed by atoms with E-state index in [-0.39, 0.29) is 17.2 Å². The molecule has 0 unspecified atom stereocenters. The predicted octanol–water partition coefficient (Wildman–Crippen LogP) is 1.45. The molecule has 0 bridgehead atoms. The molecular formula is C11H13NO3. The number of aromatic hydroxyl groups is 1. The SMILES string of the molecule is CCCC(=O)NC(=O)c1ccccc1O. The lowest BCUT2D eigenvalue weighted by molar-refractivity contribution is -0.120. The van der Waals surface area contributed by atoms with Crippen molar-refractivity contribution in [3.8, 4) is 5.75 Å². The molecule has 0 fully saturated rings. The molecule has 1 rings (SSSR count). The van der Waals surface area contributed by atoms with Crippen molar-refractivity contribution < 1.29 is 14.7 Å². The maximum absolute atomic E-state index is 11.5. The Morgan fingerprint density at radius 3 is 2.60 bits per heavy atom. The Balaban J connectivity index is 2.70. The molecule has 0 saturated heterocycles. The number of carbonyl (C=O) groups is 2. The van der Waals surface area contributed by atoms with E-state index < -0.39 is 5.91 Å². The van der Waals surface area contributed by atoms with Crippen LogP contribution in [0.15, 0.2) is 24.3 Å². The number of amides is 2. The van der Waals surface area contributed by atoms with Crippen LogP contribution in [0, 0.1) is 0 Å². The molecule has 2 amide bonds. The van der Waals surface area contributed by atoms with Gasteiger partial charge in [0.1, 0.15) is 5.75 Å². The summed E-state index contributed by atoms with van der Waals surface area (Å²) in [5.74, 6) is -1.02. The molecular weight excluding hydrogens is 194 g/mol. The smallest absolute Gasteiger partial charge is 0.261 e. The summed E-state index contributed by atoms with van der Waals surface area (Å²) in [6.45, 7) is 1.85. The summed E-state index contributed by atoms with van der Waals surface area (Å²) in [5.41, 5.74) is 0.113. The zero-order chi connectivity index (χ0) is 11.3. The van der Waals surface area contributed by atoms with Crippen LogP contribution in [0.3, 0.4) is 0 Å². The summed E-state index contributed by atoms with van der Waals surface area (Å²) >= 11 is 0. The first-order valence-corrected chi connectivity index (χ1v) is 4.77. The van der Waals surface area contributed by atoms with Gasteiger partial charge >= 0.3 is 0 Å². The Bertz CT molecular complexity index is 374. The van der Waals surface area contributed by atoms with Crippen LogP contribution in [0.4, 0.5) is 0 Å². The first-order valence-electron chi connectivity index (χ1n) is 4.77. The Hall–Kier alpha value is -1.84. The first kappa shape index (κ1) is 11.2. The second kappa shape index (κ2) is 5.14. The molecule has 4 heteroatoms. The summed E-state index contributed by atoms with van der Waals surface area (Å²) in [7, 11) is 0. The van der Waals surface area contributed by atoms with Gasteiger partial charge in [0.15, 0.2) is 0 Å². The number of phenolic OH excluding ortho intramolecular Hbond substituents is 1. The van der Waals surface area contributed by atoms with Crippen molar-refractivity contribution in [1.82, 2.24) is 5.32 Å². The Labute approximate surface area is 87.9 Å². The van der Waals surface area contributed by atoms with E-state index in [0.29, 0.717) is 12.8 Å². The average molecular weight is 207 g/mol. The van der Waals surface area contributed by atoms with Crippen molar-refractivity contribution in [2.75, 3.05) is 0 Å². The number of rotatable bonds is 3. The fraction of sp³-hybridized carbons (Fsp3) is 0.273. The summed E-state index contributed by atoms with van der Waals surface area (Å²) < 4.78 is 0. The summed E-state index contributed by atoms with van der Waals surface area (Å²) in [5, 5.41) is 11.6.